The maximum atomic E-state index is 12.9. The molecule has 0 aliphatic carbocycles. The molecular weight excluding hydrogens is 301 g/mol. The maximum Gasteiger partial charge on any atom is 0.251 e. The first kappa shape index (κ1) is 17.3. The highest BCUT2D eigenvalue weighted by Gasteiger charge is 2.26. The third-order valence-corrected chi connectivity index (χ3v) is 4.89. The van der Waals surface area contributed by atoms with Crippen LogP contribution in [0.4, 0.5) is 4.39 Å². The number of halogens is 1. The highest BCUT2D eigenvalue weighted by Crippen LogP contribution is 2.22. The minimum absolute atomic E-state index is 0.130. The Bertz CT molecular complexity index is 472. The van der Waals surface area contributed by atoms with Gasteiger partial charge in [-0.25, -0.2) is 4.39 Å². The minimum Gasteiger partial charge on any atom is -0.383 e. The summed E-state index contributed by atoms with van der Waals surface area (Å²) in [6.07, 6.45) is 4.45. The van der Waals surface area contributed by atoms with Crippen LogP contribution in [0.15, 0.2) is 24.3 Å². The van der Waals surface area contributed by atoms with Crippen LogP contribution >= 0.6 is 11.8 Å². The number of nitrogens with zero attached hydrogens (tertiary/aromatic N) is 1. The predicted molar refractivity (Wildman–Crippen MR) is 88.4 cm³/mol. The Hall–Kier alpha value is -1.07. The quantitative estimate of drug-likeness (QED) is 0.874. The summed E-state index contributed by atoms with van der Waals surface area (Å²) in [5.41, 5.74) is 1.14. The fraction of sp³-hybridized carbons (Fsp3) is 0.588. The van der Waals surface area contributed by atoms with E-state index in [0.717, 1.165) is 30.6 Å². The van der Waals surface area contributed by atoms with E-state index in [1.54, 1.807) is 16.7 Å². The van der Waals surface area contributed by atoms with Crippen LogP contribution in [0.1, 0.15) is 24.8 Å². The molecule has 122 valence electrons. The Morgan fingerprint density at radius 2 is 2.00 bits per heavy atom. The largest absolute Gasteiger partial charge is 0.383 e. The number of aliphatic hydroxyl groups is 1. The second-order valence-corrected chi connectivity index (χ2v) is 6.88. The van der Waals surface area contributed by atoms with Gasteiger partial charge in [0.1, 0.15) is 11.9 Å². The molecule has 1 saturated heterocycles. The molecule has 1 aromatic carbocycles. The fourth-order valence-electron chi connectivity index (χ4n) is 2.88. The van der Waals surface area contributed by atoms with Gasteiger partial charge in [-0.1, -0.05) is 12.1 Å². The van der Waals surface area contributed by atoms with Gasteiger partial charge in [-0.3, -0.25) is 4.79 Å². The van der Waals surface area contributed by atoms with E-state index in [0.29, 0.717) is 25.4 Å². The topological polar surface area (TPSA) is 40.5 Å². The number of likely N-dealkylation sites (tertiary alicyclic amines) is 1. The van der Waals surface area contributed by atoms with Crippen LogP contribution in [0, 0.1) is 11.7 Å². The Morgan fingerprint density at radius 1 is 1.36 bits per heavy atom. The van der Waals surface area contributed by atoms with E-state index in [9.17, 15) is 14.3 Å². The van der Waals surface area contributed by atoms with Crippen molar-refractivity contribution in [2.75, 3.05) is 25.1 Å². The molecular formula is C17H24FNO2S. The minimum atomic E-state index is -0.860. The number of benzene rings is 1. The van der Waals surface area contributed by atoms with Gasteiger partial charge in [-0.15, -0.1) is 0 Å². The van der Waals surface area contributed by atoms with Gasteiger partial charge in [0.2, 0.25) is 0 Å². The molecule has 5 heteroatoms. The molecule has 1 aliphatic rings. The molecule has 0 saturated carbocycles. The number of carbonyl (C=O) groups excluding carboxylic acids is 1. The molecule has 22 heavy (non-hydrogen) atoms. The molecule has 1 N–H and O–H groups in total. The molecule has 1 amide bonds. The Kier molecular flexibility index (Phi) is 6.70. The van der Waals surface area contributed by atoms with E-state index in [4.69, 9.17) is 0 Å². The summed E-state index contributed by atoms with van der Waals surface area (Å²) in [6, 6.07) is 6.66. The number of thioether (sulfide) groups is 1. The van der Waals surface area contributed by atoms with Gasteiger partial charge in [0, 0.05) is 13.1 Å². The smallest absolute Gasteiger partial charge is 0.251 e. The number of amides is 1. The number of aliphatic hydroxyl groups excluding tert-OH is 1. The van der Waals surface area contributed by atoms with Crippen molar-refractivity contribution >= 4 is 17.7 Å². The molecule has 0 unspecified atom stereocenters. The second-order valence-electron chi connectivity index (χ2n) is 5.90. The summed E-state index contributed by atoms with van der Waals surface area (Å²) in [5.74, 6) is 0.990. The van der Waals surface area contributed by atoms with Gasteiger partial charge in [-0.05, 0) is 61.3 Å². The van der Waals surface area contributed by atoms with E-state index in [2.05, 4.69) is 0 Å². The van der Waals surface area contributed by atoms with Gasteiger partial charge in [-0.2, -0.15) is 11.8 Å². The number of rotatable bonds is 6. The van der Waals surface area contributed by atoms with Crippen molar-refractivity contribution in [2.45, 2.75) is 31.8 Å². The molecule has 0 spiro atoms. The zero-order valence-corrected chi connectivity index (χ0v) is 13.8. The number of carbonyl (C=O) groups is 1. The van der Waals surface area contributed by atoms with Crippen LogP contribution in [0.3, 0.4) is 0 Å². The Morgan fingerprint density at radius 3 is 2.59 bits per heavy atom. The predicted octanol–water partition coefficient (Wildman–Crippen LogP) is 2.72. The summed E-state index contributed by atoms with van der Waals surface area (Å²) in [5, 5.41) is 9.89. The molecule has 1 heterocycles. The van der Waals surface area contributed by atoms with Gasteiger partial charge in [0.25, 0.3) is 5.91 Å². The second kappa shape index (κ2) is 8.53. The SMILES string of the molecule is CSCC[C@H](O)C(=O)N1CCC(Cc2ccc(F)cc2)CC1. The fourth-order valence-corrected chi connectivity index (χ4v) is 3.33. The highest BCUT2D eigenvalue weighted by molar-refractivity contribution is 7.98. The van der Waals surface area contributed by atoms with E-state index < -0.39 is 6.10 Å². The lowest BCUT2D eigenvalue weighted by Crippen LogP contribution is -2.44. The van der Waals surface area contributed by atoms with Crippen LogP contribution in [0.25, 0.3) is 0 Å². The highest BCUT2D eigenvalue weighted by atomic mass is 32.2. The van der Waals surface area contributed by atoms with Gasteiger partial charge in [0.15, 0.2) is 0 Å². The molecule has 0 aromatic heterocycles. The number of hydrogen-bond acceptors (Lipinski definition) is 3. The van der Waals surface area contributed by atoms with Crippen LogP contribution in [-0.4, -0.2) is 47.1 Å². The molecule has 1 aromatic rings. The molecule has 1 aliphatic heterocycles. The lowest BCUT2D eigenvalue weighted by atomic mass is 9.90. The molecule has 3 nitrogen and oxygen atoms in total. The summed E-state index contributed by atoms with van der Waals surface area (Å²) in [4.78, 5) is 13.9. The average molecular weight is 325 g/mol. The average Bonchev–Trinajstić information content (AvgIpc) is 2.55. The van der Waals surface area contributed by atoms with E-state index in [1.165, 1.54) is 12.1 Å². The standard InChI is InChI=1S/C17H24FNO2S/c1-22-11-8-16(20)17(21)19-9-6-14(7-10-19)12-13-2-4-15(18)5-3-13/h2-5,14,16,20H,6-12H2,1H3/t16-/m0/s1. The van der Waals surface area contributed by atoms with Gasteiger partial charge < -0.3 is 10.0 Å². The maximum absolute atomic E-state index is 12.9. The van der Waals surface area contributed by atoms with Crippen LogP contribution in [0.2, 0.25) is 0 Å². The van der Waals surface area contributed by atoms with E-state index in [1.807, 2.05) is 18.4 Å². The summed E-state index contributed by atoms with van der Waals surface area (Å²) in [7, 11) is 0. The zero-order valence-electron chi connectivity index (χ0n) is 13.0. The third-order valence-electron chi connectivity index (χ3n) is 4.24. The van der Waals surface area contributed by atoms with Crippen molar-refractivity contribution in [1.29, 1.82) is 0 Å². The first-order valence-electron chi connectivity index (χ1n) is 7.80. The van der Waals surface area contributed by atoms with Crippen molar-refractivity contribution in [3.63, 3.8) is 0 Å². The number of piperidine rings is 1. The first-order valence-corrected chi connectivity index (χ1v) is 9.19. The molecule has 1 atom stereocenters. The summed E-state index contributed by atoms with van der Waals surface area (Å²) in [6.45, 7) is 1.42. The van der Waals surface area contributed by atoms with E-state index >= 15 is 0 Å². The first-order chi connectivity index (χ1) is 10.6. The third kappa shape index (κ3) is 4.99. The van der Waals surface area contributed by atoms with Gasteiger partial charge in [0.05, 0.1) is 0 Å². The zero-order chi connectivity index (χ0) is 15.9. The van der Waals surface area contributed by atoms with Crippen molar-refractivity contribution in [2.24, 2.45) is 5.92 Å². The molecule has 0 radical (unpaired) electrons. The monoisotopic (exact) mass is 325 g/mol. The lowest BCUT2D eigenvalue weighted by molar-refractivity contribution is -0.141. The van der Waals surface area contributed by atoms with Gasteiger partial charge >= 0.3 is 0 Å². The van der Waals surface area contributed by atoms with Crippen LogP contribution in [0.5, 0.6) is 0 Å². The summed E-state index contributed by atoms with van der Waals surface area (Å²) < 4.78 is 12.9. The Balaban J connectivity index is 1.77. The Labute approximate surface area is 135 Å². The molecule has 2 rings (SSSR count). The molecule has 0 bridgehead atoms. The van der Waals surface area contributed by atoms with Crippen molar-refractivity contribution in [1.82, 2.24) is 4.90 Å². The molecule has 1 fully saturated rings. The van der Waals surface area contributed by atoms with E-state index in [-0.39, 0.29) is 11.7 Å². The lowest BCUT2D eigenvalue weighted by Gasteiger charge is -2.33. The number of hydrogen-bond donors (Lipinski definition) is 1. The van der Waals surface area contributed by atoms with Crippen LogP contribution < -0.4 is 0 Å². The van der Waals surface area contributed by atoms with Crippen molar-refractivity contribution in [3.8, 4) is 0 Å². The van der Waals surface area contributed by atoms with Crippen molar-refractivity contribution in [3.05, 3.63) is 35.6 Å². The van der Waals surface area contributed by atoms with Crippen LogP contribution in [-0.2, 0) is 11.2 Å². The normalized spacial score (nSPS) is 17.5. The van der Waals surface area contributed by atoms with Crippen molar-refractivity contribution < 1.29 is 14.3 Å². The summed E-state index contributed by atoms with van der Waals surface area (Å²) >= 11 is 1.64.